The van der Waals surface area contributed by atoms with Crippen molar-refractivity contribution in [2.45, 2.75) is 32.7 Å². The lowest BCUT2D eigenvalue weighted by atomic mass is 10.0. The van der Waals surface area contributed by atoms with Gasteiger partial charge in [-0.2, -0.15) is 0 Å². The molecule has 3 nitrogen and oxygen atoms in total. The van der Waals surface area contributed by atoms with Crippen LogP contribution in [-0.4, -0.2) is 25.0 Å². The molecule has 0 aliphatic rings. The molecule has 0 saturated carbocycles. The summed E-state index contributed by atoms with van der Waals surface area (Å²) in [5, 5.41) is 6.09. The molecule has 0 saturated heterocycles. The fourth-order valence-electron chi connectivity index (χ4n) is 1.83. The summed E-state index contributed by atoms with van der Waals surface area (Å²) < 4.78 is 0. The Morgan fingerprint density at radius 2 is 1.88 bits per heavy atom. The van der Waals surface area contributed by atoms with Crippen molar-refractivity contribution in [3.8, 4) is 0 Å². The minimum Gasteiger partial charge on any atom is -0.355 e. The van der Waals surface area contributed by atoms with E-state index in [1.54, 1.807) is 0 Å². The molecule has 0 unspecified atom stereocenters. The molecule has 0 bridgehead atoms. The zero-order chi connectivity index (χ0) is 12.5. The van der Waals surface area contributed by atoms with Crippen LogP contribution in [0.5, 0.6) is 0 Å². The Hall–Kier alpha value is -1.35. The van der Waals surface area contributed by atoms with Gasteiger partial charge in [0.05, 0.1) is 6.04 Å². The van der Waals surface area contributed by atoms with E-state index in [9.17, 15) is 4.79 Å². The number of benzene rings is 1. The van der Waals surface area contributed by atoms with Crippen LogP contribution in [0, 0.1) is 0 Å². The zero-order valence-corrected chi connectivity index (χ0v) is 10.7. The topological polar surface area (TPSA) is 41.1 Å². The Morgan fingerprint density at radius 3 is 2.47 bits per heavy atom. The van der Waals surface area contributed by atoms with Crippen molar-refractivity contribution in [3.63, 3.8) is 0 Å². The van der Waals surface area contributed by atoms with Crippen molar-refractivity contribution in [3.05, 3.63) is 35.9 Å². The molecule has 0 aliphatic carbocycles. The van der Waals surface area contributed by atoms with Gasteiger partial charge in [0.1, 0.15) is 0 Å². The van der Waals surface area contributed by atoms with Crippen LogP contribution in [0.25, 0.3) is 0 Å². The van der Waals surface area contributed by atoms with Crippen molar-refractivity contribution >= 4 is 5.91 Å². The van der Waals surface area contributed by atoms with E-state index in [0.717, 1.165) is 19.4 Å². The normalized spacial score (nSPS) is 12.1. The summed E-state index contributed by atoms with van der Waals surface area (Å²) in [7, 11) is 0. The molecule has 17 heavy (non-hydrogen) atoms. The molecule has 1 aromatic carbocycles. The molecule has 0 radical (unpaired) electrons. The number of amides is 1. The van der Waals surface area contributed by atoms with Crippen molar-refractivity contribution in [1.82, 2.24) is 10.6 Å². The van der Waals surface area contributed by atoms with Crippen LogP contribution < -0.4 is 10.6 Å². The highest BCUT2D eigenvalue weighted by molar-refractivity contribution is 5.81. The monoisotopic (exact) mass is 234 g/mol. The average Bonchev–Trinajstić information content (AvgIpc) is 2.36. The molecule has 1 rings (SSSR count). The van der Waals surface area contributed by atoms with Crippen LogP contribution in [0.4, 0.5) is 0 Å². The molecular formula is C14H22N2O. The van der Waals surface area contributed by atoms with Gasteiger partial charge in [0.25, 0.3) is 0 Å². The Kier molecular flexibility index (Phi) is 6.33. The van der Waals surface area contributed by atoms with Gasteiger partial charge in [-0.25, -0.2) is 0 Å². The third-order valence-corrected chi connectivity index (χ3v) is 2.68. The summed E-state index contributed by atoms with van der Waals surface area (Å²) in [5.74, 6) is 0.102. The number of carbonyl (C=O) groups excluding carboxylic acids is 1. The van der Waals surface area contributed by atoms with Crippen LogP contribution in [0.3, 0.4) is 0 Å². The van der Waals surface area contributed by atoms with E-state index in [2.05, 4.69) is 22.8 Å². The Labute approximate surface area is 104 Å². The van der Waals surface area contributed by atoms with Gasteiger partial charge in [0, 0.05) is 6.54 Å². The first-order chi connectivity index (χ1) is 8.27. The molecule has 94 valence electrons. The molecular weight excluding hydrogens is 212 g/mol. The fraction of sp³-hybridized carbons (Fsp3) is 0.500. The first-order valence-electron chi connectivity index (χ1n) is 6.33. The van der Waals surface area contributed by atoms with Gasteiger partial charge in [-0.05, 0) is 31.9 Å². The molecule has 1 amide bonds. The van der Waals surface area contributed by atoms with E-state index < -0.39 is 0 Å². The van der Waals surface area contributed by atoms with Crippen LogP contribution in [0.2, 0.25) is 0 Å². The third-order valence-electron chi connectivity index (χ3n) is 2.68. The average molecular weight is 234 g/mol. The summed E-state index contributed by atoms with van der Waals surface area (Å²) >= 11 is 0. The second-order valence-corrected chi connectivity index (χ2v) is 4.03. The van der Waals surface area contributed by atoms with Crippen molar-refractivity contribution in [1.29, 1.82) is 0 Å². The van der Waals surface area contributed by atoms with Gasteiger partial charge in [0.2, 0.25) is 5.91 Å². The Balaban J connectivity index is 2.47. The van der Waals surface area contributed by atoms with Crippen molar-refractivity contribution in [2.24, 2.45) is 0 Å². The summed E-state index contributed by atoms with van der Waals surface area (Å²) in [6.45, 7) is 5.47. The summed E-state index contributed by atoms with van der Waals surface area (Å²) in [6.07, 6.45) is 1.76. The second kappa shape index (κ2) is 7.85. The molecule has 1 aromatic rings. The SMILES string of the molecule is CCNC(=O)[C@H](CCc1ccccc1)NCC. The largest absolute Gasteiger partial charge is 0.355 e. The molecule has 0 aliphatic heterocycles. The minimum absolute atomic E-state index is 0.0832. The van der Waals surface area contributed by atoms with Crippen LogP contribution in [0.15, 0.2) is 30.3 Å². The number of hydrogen-bond donors (Lipinski definition) is 2. The lowest BCUT2D eigenvalue weighted by Gasteiger charge is -2.16. The molecule has 0 heterocycles. The molecule has 0 aromatic heterocycles. The molecule has 3 heteroatoms. The Morgan fingerprint density at radius 1 is 1.18 bits per heavy atom. The van der Waals surface area contributed by atoms with Gasteiger partial charge in [-0.15, -0.1) is 0 Å². The van der Waals surface area contributed by atoms with Gasteiger partial charge in [-0.3, -0.25) is 4.79 Å². The van der Waals surface area contributed by atoms with Gasteiger partial charge >= 0.3 is 0 Å². The van der Waals surface area contributed by atoms with E-state index in [0.29, 0.717) is 6.54 Å². The lowest BCUT2D eigenvalue weighted by Crippen LogP contribution is -2.44. The first-order valence-corrected chi connectivity index (χ1v) is 6.33. The molecule has 1 atom stereocenters. The van der Waals surface area contributed by atoms with Crippen LogP contribution in [0.1, 0.15) is 25.8 Å². The predicted octanol–water partition coefficient (Wildman–Crippen LogP) is 1.73. The number of carbonyl (C=O) groups is 1. The maximum absolute atomic E-state index is 11.8. The van der Waals surface area contributed by atoms with E-state index in [1.165, 1.54) is 5.56 Å². The number of rotatable bonds is 7. The van der Waals surface area contributed by atoms with Crippen molar-refractivity contribution in [2.75, 3.05) is 13.1 Å². The first kappa shape index (κ1) is 13.7. The van der Waals surface area contributed by atoms with Gasteiger partial charge in [-0.1, -0.05) is 37.3 Å². The van der Waals surface area contributed by atoms with Crippen molar-refractivity contribution < 1.29 is 4.79 Å². The third kappa shape index (κ3) is 5.00. The molecule has 0 spiro atoms. The highest BCUT2D eigenvalue weighted by Crippen LogP contribution is 2.05. The number of likely N-dealkylation sites (N-methyl/N-ethyl adjacent to an activating group) is 2. The van der Waals surface area contributed by atoms with Gasteiger partial charge < -0.3 is 10.6 Å². The number of aryl methyl sites for hydroxylation is 1. The maximum Gasteiger partial charge on any atom is 0.237 e. The van der Waals surface area contributed by atoms with E-state index in [1.807, 2.05) is 32.0 Å². The van der Waals surface area contributed by atoms with E-state index in [-0.39, 0.29) is 11.9 Å². The fourth-order valence-corrected chi connectivity index (χ4v) is 1.83. The van der Waals surface area contributed by atoms with Gasteiger partial charge in [0.15, 0.2) is 0 Å². The quantitative estimate of drug-likeness (QED) is 0.754. The van der Waals surface area contributed by atoms with E-state index in [4.69, 9.17) is 0 Å². The predicted molar refractivity (Wildman–Crippen MR) is 70.9 cm³/mol. The smallest absolute Gasteiger partial charge is 0.237 e. The van der Waals surface area contributed by atoms with E-state index >= 15 is 0 Å². The standard InChI is InChI=1S/C14H22N2O/c1-3-15-13(14(17)16-4-2)11-10-12-8-6-5-7-9-12/h5-9,13,15H,3-4,10-11H2,1-2H3,(H,16,17)/t13-/m0/s1. The highest BCUT2D eigenvalue weighted by atomic mass is 16.2. The zero-order valence-electron chi connectivity index (χ0n) is 10.7. The summed E-state index contributed by atoms with van der Waals surface area (Å²) in [5.41, 5.74) is 1.28. The maximum atomic E-state index is 11.8. The summed E-state index contributed by atoms with van der Waals surface area (Å²) in [6, 6.07) is 10.2. The molecule has 0 fully saturated rings. The highest BCUT2D eigenvalue weighted by Gasteiger charge is 2.15. The van der Waals surface area contributed by atoms with Crippen LogP contribution in [-0.2, 0) is 11.2 Å². The lowest BCUT2D eigenvalue weighted by molar-refractivity contribution is -0.123. The van der Waals surface area contributed by atoms with Crippen LogP contribution >= 0.6 is 0 Å². The minimum atomic E-state index is -0.0832. The number of nitrogens with one attached hydrogen (secondary N) is 2. The molecule has 2 N–H and O–H groups in total. The second-order valence-electron chi connectivity index (χ2n) is 4.03. The summed E-state index contributed by atoms with van der Waals surface area (Å²) in [4.78, 5) is 11.8. The Bertz CT molecular complexity index is 324. The number of hydrogen-bond acceptors (Lipinski definition) is 2.